The van der Waals surface area contributed by atoms with Gasteiger partial charge in [0.05, 0.1) is 46.0 Å². The monoisotopic (exact) mass is 1060 g/mol. The molecular formula is C38H34Cl3F9N4O15. The molecule has 0 aromatic heterocycles. The molecule has 0 amide bonds. The molecule has 0 atom stereocenters. The summed E-state index contributed by atoms with van der Waals surface area (Å²) in [6.45, 7) is 7.26. The van der Waals surface area contributed by atoms with E-state index in [-0.39, 0.29) is 39.7 Å². The van der Waals surface area contributed by atoms with E-state index < -0.39 is 79.3 Å². The number of alkyl halides is 9. The van der Waals surface area contributed by atoms with Crippen molar-refractivity contribution < 1.29 is 92.5 Å². The molecule has 0 fully saturated rings. The number of hydrogen-bond acceptors (Lipinski definition) is 15. The number of ether oxygens (including phenoxy) is 5. The van der Waals surface area contributed by atoms with Gasteiger partial charge in [-0.25, -0.2) is 0 Å². The first-order valence-electron chi connectivity index (χ1n) is 18.0. The molecule has 0 aliphatic heterocycles. The second-order valence-electron chi connectivity index (χ2n) is 13.0. The van der Waals surface area contributed by atoms with Gasteiger partial charge >= 0.3 is 36.7 Å². The zero-order valence-corrected chi connectivity index (χ0v) is 38.0. The lowest BCUT2D eigenvalue weighted by molar-refractivity contribution is -0.388. The molecule has 0 aliphatic carbocycles. The molecule has 380 valence electrons. The van der Waals surface area contributed by atoms with Gasteiger partial charge in [-0.3, -0.25) is 50.0 Å². The molecule has 0 spiro atoms. The second kappa shape index (κ2) is 27.8. The number of hydrogen-bond donors (Lipinski definition) is 0. The van der Waals surface area contributed by atoms with Crippen LogP contribution >= 0.6 is 34.8 Å². The zero-order chi connectivity index (χ0) is 53.8. The zero-order valence-electron chi connectivity index (χ0n) is 35.7. The standard InChI is InChI=1S/C10H10F3NO3.C9H10ClNO2.2C7H3ClF3NO3.C5H8O4/c1-6(2)8-4-3-7(17-10(11,12)13)5-9(8)14(15)16;1-6(2)8-4-3-7(10)5-9(8)11(12)13;8-4-1-2-6(15-7(9,10)11)5(3-4)12(13)14;8-5-2-1-4(15-7(9,10)11)3-6(5)12(13)14;1-8-4(6)3-5(7)9-2/h3-6H,1-2H3;3-6H,1-2H3;2*1-3H;3H2,1-2H3. The van der Waals surface area contributed by atoms with Crippen LogP contribution < -0.4 is 14.2 Å². The number of rotatable bonds is 11. The number of carbonyl (C=O) groups is 2. The predicted octanol–water partition coefficient (Wildman–Crippen LogP) is 13.0. The number of nitrogens with zero attached hydrogens (tertiary/aromatic N) is 4. The number of benzene rings is 4. The van der Waals surface area contributed by atoms with E-state index in [4.69, 9.17) is 34.8 Å². The lowest BCUT2D eigenvalue weighted by Crippen LogP contribution is -2.17. The summed E-state index contributed by atoms with van der Waals surface area (Å²) in [7, 11) is 2.43. The van der Waals surface area contributed by atoms with Crippen LogP contribution in [-0.4, -0.2) is 64.9 Å². The second-order valence-corrected chi connectivity index (χ2v) is 14.2. The molecule has 0 aliphatic rings. The molecule has 4 aromatic carbocycles. The molecule has 4 aromatic rings. The van der Waals surface area contributed by atoms with Gasteiger partial charge in [-0.2, -0.15) is 0 Å². The highest BCUT2D eigenvalue weighted by Gasteiger charge is 2.35. The van der Waals surface area contributed by atoms with Crippen molar-refractivity contribution in [2.24, 2.45) is 0 Å². The smallest absolute Gasteiger partial charge is 0.469 e. The van der Waals surface area contributed by atoms with Crippen molar-refractivity contribution in [3.05, 3.63) is 139 Å². The van der Waals surface area contributed by atoms with Crippen LogP contribution in [0.4, 0.5) is 62.3 Å². The van der Waals surface area contributed by atoms with Crippen molar-refractivity contribution in [2.75, 3.05) is 14.2 Å². The van der Waals surface area contributed by atoms with Gasteiger partial charge in [-0.1, -0.05) is 68.6 Å². The molecule has 0 unspecified atom stereocenters. The average Bonchev–Trinajstić information content (AvgIpc) is 3.21. The van der Waals surface area contributed by atoms with E-state index in [1.807, 2.05) is 13.8 Å². The number of nitro groups is 4. The fourth-order valence-electron chi connectivity index (χ4n) is 4.47. The van der Waals surface area contributed by atoms with Gasteiger partial charge in [0, 0.05) is 33.3 Å². The third-order valence-corrected chi connectivity index (χ3v) is 8.09. The number of carbonyl (C=O) groups excluding carboxylic acids is 2. The van der Waals surface area contributed by atoms with Crippen molar-refractivity contribution in [3.8, 4) is 17.2 Å². The minimum absolute atomic E-state index is 0.0452. The minimum Gasteiger partial charge on any atom is -0.469 e. The SMILES string of the molecule is CC(C)c1ccc(Cl)cc1[N+](=O)[O-].CC(C)c1ccc(OC(F)(F)F)cc1[N+](=O)[O-].COC(=O)CC(=O)OC.O=[N+]([O-])c1cc(Cl)ccc1OC(F)(F)F.O=[N+]([O-])c1cc(OC(F)(F)F)ccc1Cl. The molecule has 69 heavy (non-hydrogen) atoms. The van der Waals surface area contributed by atoms with Gasteiger partial charge in [-0.05, 0) is 54.3 Å². The van der Waals surface area contributed by atoms with Crippen LogP contribution in [0, 0.1) is 40.5 Å². The number of halogens is 12. The summed E-state index contributed by atoms with van der Waals surface area (Å²) in [5.41, 5.74) is -0.665. The van der Waals surface area contributed by atoms with Gasteiger partial charge in [0.25, 0.3) is 17.1 Å². The van der Waals surface area contributed by atoms with Crippen LogP contribution in [0.2, 0.25) is 15.1 Å². The Balaban J connectivity index is 0.000000849. The Morgan fingerprint density at radius 2 is 0.841 bits per heavy atom. The minimum atomic E-state index is -4.97. The Bertz CT molecular complexity index is 2410. The highest BCUT2D eigenvalue weighted by Crippen LogP contribution is 2.35. The van der Waals surface area contributed by atoms with Crippen LogP contribution in [0.5, 0.6) is 17.2 Å². The molecule has 0 saturated carbocycles. The molecule has 0 saturated heterocycles. The normalized spacial score (nSPS) is 10.8. The van der Waals surface area contributed by atoms with Crippen molar-refractivity contribution in [1.82, 2.24) is 0 Å². The summed E-state index contributed by atoms with van der Waals surface area (Å²) in [5.74, 6) is -3.35. The Morgan fingerprint density at radius 3 is 1.20 bits per heavy atom. The molecule has 0 heterocycles. The highest BCUT2D eigenvalue weighted by atomic mass is 35.5. The van der Waals surface area contributed by atoms with Crippen LogP contribution in [0.1, 0.15) is 57.1 Å². The van der Waals surface area contributed by atoms with Crippen LogP contribution in [0.3, 0.4) is 0 Å². The fraction of sp³-hybridized carbons (Fsp3) is 0.316. The van der Waals surface area contributed by atoms with Crippen molar-refractivity contribution >= 4 is 69.5 Å². The van der Waals surface area contributed by atoms with Gasteiger partial charge in [-0.15, -0.1) is 39.5 Å². The maximum absolute atomic E-state index is 11.9. The molecule has 19 nitrogen and oxygen atoms in total. The molecular weight excluding hydrogens is 1030 g/mol. The van der Waals surface area contributed by atoms with Crippen LogP contribution in [0.25, 0.3) is 0 Å². The van der Waals surface area contributed by atoms with E-state index in [0.717, 1.165) is 48.0 Å². The van der Waals surface area contributed by atoms with Gasteiger partial charge in [0.2, 0.25) is 5.75 Å². The van der Waals surface area contributed by atoms with Crippen LogP contribution in [-0.2, 0) is 19.1 Å². The summed E-state index contributed by atoms with van der Waals surface area (Å²) in [6, 6.07) is 13.0. The number of methoxy groups -OCH3 is 2. The molecule has 0 bridgehead atoms. The van der Waals surface area contributed by atoms with Gasteiger partial charge in [0.15, 0.2) is 0 Å². The quantitative estimate of drug-likeness (QED) is 0.0445. The third-order valence-electron chi connectivity index (χ3n) is 7.30. The Labute approximate surface area is 397 Å². The molecule has 31 heteroatoms. The summed E-state index contributed by atoms with van der Waals surface area (Å²) in [6.07, 6.45) is -15.0. The van der Waals surface area contributed by atoms with E-state index >= 15 is 0 Å². The summed E-state index contributed by atoms with van der Waals surface area (Å²) < 4.78 is 125. The average molecular weight is 1060 g/mol. The lowest BCUT2D eigenvalue weighted by atomic mass is 10.0. The first-order valence-corrected chi connectivity index (χ1v) is 19.2. The van der Waals surface area contributed by atoms with E-state index in [0.29, 0.717) is 16.7 Å². The van der Waals surface area contributed by atoms with Gasteiger partial charge < -0.3 is 23.7 Å². The van der Waals surface area contributed by atoms with E-state index in [2.05, 4.69) is 23.7 Å². The lowest BCUT2D eigenvalue weighted by Gasteiger charge is -2.11. The van der Waals surface area contributed by atoms with Crippen molar-refractivity contribution in [2.45, 2.75) is 65.0 Å². The first-order chi connectivity index (χ1) is 31.5. The molecule has 0 radical (unpaired) electrons. The van der Waals surface area contributed by atoms with E-state index in [1.54, 1.807) is 26.0 Å². The number of esters is 2. The first kappa shape index (κ1) is 62.1. The van der Waals surface area contributed by atoms with Crippen molar-refractivity contribution in [3.63, 3.8) is 0 Å². The largest absolute Gasteiger partial charge is 0.573 e. The molecule has 4 rings (SSSR count). The Morgan fingerprint density at radius 1 is 0.507 bits per heavy atom. The fourth-order valence-corrected chi connectivity index (χ4v) is 4.99. The highest BCUT2D eigenvalue weighted by molar-refractivity contribution is 6.32. The predicted molar refractivity (Wildman–Crippen MR) is 224 cm³/mol. The summed E-state index contributed by atoms with van der Waals surface area (Å²) in [5, 5.41) is 42.1. The Kier molecular flexibility index (Phi) is 25.0. The number of nitro benzene ring substituents is 4. The third kappa shape index (κ3) is 25.1. The van der Waals surface area contributed by atoms with Crippen LogP contribution in [0.15, 0.2) is 72.8 Å². The summed E-state index contributed by atoms with van der Waals surface area (Å²) in [4.78, 5) is 59.5. The molecule has 0 N–H and O–H groups in total. The maximum atomic E-state index is 11.9. The van der Waals surface area contributed by atoms with E-state index in [9.17, 15) is 89.6 Å². The van der Waals surface area contributed by atoms with E-state index in [1.165, 1.54) is 26.4 Å². The summed E-state index contributed by atoms with van der Waals surface area (Å²) >= 11 is 16.4. The van der Waals surface area contributed by atoms with Crippen molar-refractivity contribution in [1.29, 1.82) is 0 Å². The van der Waals surface area contributed by atoms with Gasteiger partial charge in [0.1, 0.15) is 22.9 Å². The maximum Gasteiger partial charge on any atom is 0.573 e. The topological polar surface area (TPSA) is 253 Å². The Hall–Kier alpha value is -6.94.